The third-order valence-electron chi connectivity index (χ3n) is 4.85. The number of fused-ring (bicyclic) bond motifs is 1. The molecule has 3 heteroatoms. The molecule has 1 N–H and O–H groups in total. The van der Waals surface area contributed by atoms with E-state index in [2.05, 4.69) is 0 Å². The van der Waals surface area contributed by atoms with Crippen LogP contribution in [-0.2, 0) is 11.2 Å². The van der Waals surface area contributed by atoms with Gasteiger partial charge in [0.1, 0.15) is 5.82 Å². The first-order valence-electron chi connectivity index (χ1n) is 7.18. The molecule has 2 aliphatic rings. The van der Waals surface area contributed by atoms with Gasteiger partial charge in [0, 0.05) is 5.92 Å². The molecule has 0 radical (unpaired) electrons. The highest BCUT2D eigenvalue weighted by Crippen LogP contribution is 2.47. The zero-order chi connectivity index (χ0) is 13.4. The third kappa shape index (κ3) is 2.26. The molecule has 1 aromatic rings. The number of carboxylic acid groups (broad SMARTS) is 1. The molecule has 19 heavy (non-hydrogen) atoms. The Morgan fingerprint density at radius 1 is 1.21 bits per heavy atom. The number of aliphatic carboxylic acids is 1. The summed E-state index contributed by atoms with van der Waals surface area (Å²) < 4.78 is 13.5. The van der Waals surface area contributed by atoms with Crippen molar-refractivity contribution in [1.82, 2.24) is 0 Å². The number of aryl methyl sites for hydroxylation is 1. The SMILES string of the molecule is O=C(O)C1CCc2ccc(F)cc2C1C1CCCC1. The molecule has 0 heterocycles. The molecule has 0 spiro atoms. The van der Waals surface area contributed by atoms with Crippen LogP contribution in [0.5, 0.6) is 0 Å². The molecule has 1 aromatic carbocycles. The maximum absolute atomic E-state index is 13.5. The number of benzene rings is 1. The van der Waals surface area contributed by atoms with E-state index in [1.165, 1.54) is 18.9 Å². The molecular weight excluding hydrogens is 243 g/mol. The molecule has 2 atom stereocenters. The Hall–Kier alpha value is -1.38. The van der Waals surface area contributed by atoms with Gasteiger partial charge in [0.05, 0.1) is 5.92 Å². The molecule has 2 nitrogen and oxygen atoms in total. The lowest BCUT2D eigenvalue weighted by molar-refractivity contribution is -0.143. The molecule has 0 amide bonds. The van der Waals surface area contributed by atoms with Crippen LogP contribution in [0.4, 0.5) is 4.39 Å². The van der Waals surface area contributed by atoms with Crippen LogP contribution in [0.15, 0.2) is 18.2 Å². The van der Waals surface area contributed by atoms with Gasteiger partial charge in [-0.05, 0) is 54.9 Å². The van der Waals surface area contributed by atoms with Crippen molar-refractivity contribution in [3.8, 4) is 0 Å². The van der Waals surface area contributed by atoms with Crippen LogP contribution in [-0.4, -0.2) is 11.1 Å². The van der Waals surface area contributed by atoms with Gasteiger partial charge in [-0.1, -0.05) is 18.9 Å². The Bertz CT molecular complexity index is 492. The summed E-state index contributed by atoms with van der Waals surface area (Å²) in [5.74, 6) is -0.863. The van der Waals surface area contributed by atoms with Gasteiger partial charge in [0.25, 0.3) is 0 Å². The van der Waals surface area contributed by atoms with Crippen molar-refractivity contribution < 1.29 is 14.3 Å². The Balaban J connectivity index is 2.03. The van der Waals surface area contributed by atoms with E-state index in [1.54, 1.807) is 6.07 Å². The van der Waals surface area contributed by atoms with Crippen molar-refractivity contribution in [3.63, 3.8) is 0 Å². The monoisotopic (exact) mass is 262 g/mol. The Labute approximate surface area is 112 Å². The highest BCUT2D eigenvalue weighted by Gasteiger charge is 2.40. The molecular formula is C16H19FO2. The predicted octanol–water partition coefficient (Wildman–Crippen LogP) is 3.75. The first-order chi connectivity index (χ1) is 9.16. The number of hydrogen-bond donors (Lipinski definition) is 1. The van der Waals surface area contributed by atoms with E-state index in [-0.39, 0.29) is 17.7 Å². The standard InChI is InChI=1S/C16H19FO2/c17-12-7-5-10-6-8-13(16(18)19)15(14(10)9-12)11-3-1-2-4-11/h5,7,9,11,13,15H,1-4,6,8H2,(H,18,19). The lowest BCUT2D eigenvalue weighted by Crippen LogP contribution is -2.31. The summed E-state index contributed by atoms with van der Waals surface area (Å²) in [6.07, 6.45) is 5.98. The molecule has 1 saturated carbocycles. The van der Waals surface area contributed by atoms with Crippen LogP contribution < -0.4 is 0 Å². The molecule has 3 rings (SSSR count). The van der Waals surface area contributed by atoms with Crippen LogP contribution in [0.2, 0.25) is 0 Å². The van der Waals surface area contributed by atoms with E-state index in [9.17, 15) is 14.3 Å². The minimum atomic E-state index is -0.716. The van der Waals surface area contributed by atoms with Crippen LogP contribution in [0, 0.1) is 17.7 Å². The number of carboxylic acids is 1. The topological polar surface area (TPSA) is 37.3 Å². The quantitative estimate of drug-likeness (QED) is 0.881. The molecule has 1 fully saturated rings. The van der Waals surface area contributed by atoms with Gasteiger partial charge in [-0.25, -0.2) is 4.39 Å². The maximum atomic E-state index is 13.5. The second kappa shape index (κ2) is 4.95. The Morgan fingerprint density at radius 3 is 2.63 bits per heavy atom. The van der Waals surface area contributed by atoms with Crippen molar-refractivity contribution in [1.29, 1.82) is 0 Å². The van der Waals surface area contributed by atoms with Gasteiger partial charge >= 0.3 is 5.97 Å². The molecule has 2 aliphatic carbocycles. The highest BCUT2D eigenvalue weighted by molar-refractivity contribution is 5.72. The van der Waals surface area contributed by atoms with E-state index >= 15 is 0 Å². The lowest BCUT2D eigenvalue weighted by atomic mass is 9.68. The largest absolute Gasteiger partial charge is 0.481 e. The molecule has 102 valence electrons. The average Bonchev–Trinajstić information content (AvgIpc) is 2.90. The fourth-order valence-electron chi connectivity index (χ4n) is 3.99. The van der Waals surface area contributed by atoms with E-state index < -0.39 is 5.97 Å². The summed E-state index contributed by atoms with van der Waals surface area (Å²) in [6.45, 7) is 0. The first kappa shape index (κ1) is 12.6. The summed E-state index contributed by atoms with van der Waals surface area (Å²) in [7, 11) is 0. The van der Waals surface area contributed by atoms with Gasteiger partial charge < -0.3 is 5.11 Å². The van der Waals surface area contributed by atoms with Gasteiger partial charge in [-0.15, -0.1) is 0 Å². The summed E-state index contributed by atoms with van der Waals surface area (Å²) in [5.41, 5.74) is 2.11. The van der Waals surface area contributed by atoms with Crippen LogP contribution in [0.1, 0.15) is 49.1 Å². The molecule has 0 aliphatic heterocycles. The fourth-order valence-corrected chi connectivity index (χ4v) is 3.99. The predicted molar refractivity (Wildman–Crippen MR) is 70.5 cm³/mol. The van der Waals surface area contributed by atoms with E-state index in [4.69, 9.17) is 0 Å². The smallest absolute Gasteiger partial charge is 0.307 e. The fraction of sp³-hybridized carbons (Fsp3) is 0.562. The number of carbonyl (C=O) groups is 1. The summed E-state index contributed by atoms with van der Waals surface area (Å²) in [5, 5.41) is 9.47. The van der Waals surface area contributed by atoms with Gasteiger partial charge in [-0.2, -0.15) is 0 Å². The Morgan fingerprint density at radius 2 is 1.95 bits per heavy atom. The summed E-state index contributed by atoms with van der Waals surface area (Å²) >= 11 is 0. The second-order valence-electron chi connectivity index (χ2n) is 5.90. The number of rotatable bonds is 2. The minimum Gasteiger partial charge on any atom is -0.481 e. The molecule has 0 bridgehead atoms. The van der Waals surface area contributed by atoms with Gasteiger partial charge in [0.15, 0.2) is 0 Å². The van der Waals surface area contributed by atoms with Crippen molar-refractivity contribution in [2.24, 2.45) is 11.8 Å². The first-order valence-corrected chi connectivity index (χ1v) is 7.18. The zero-order valence-corrected chi connectivity index (χ0v) is 10.9. The highest BCUT2D eigenvalue weighted by atomic mass is 19.1. The van der Waals surface area contributed by atoms with E-state index in [1.807, 2.05) is 6.07 Å². The third-order valence-corrected chi connectivity index (χ3v) is 4.85. The van der Waals surface area contributed by atoms with Crippen LogP contribution in [0.25, 0.3) is 0 Å². The van der Waals surface area contributed by atoms with Gasteiger partial charge in [-0.3, -0.25) is 4.79 Å². The van der Waals surface area contributed by atoms with Crippen LogP contribution >= 0.6 is 0 Å². The summed E-state index contributed by atoms with van der Waals surface area (Å²) in [4.78, 5) is 11.5. The normalized spacial score (nSPS) is 27.2. The zero-order valence-electron chi connectivity index (χ0n) is 10.9. The van der Waals surface area contributed by atoms with E-state index in [0.717, 1.165) is 30.4 Å². The van der Waals surface area contributed by atoms with E-state index in [0.29, 0.717) is 12.3 Å². The minimum absolute atomic E-state index is 0.0134. The maximum Gasteiger partial charge on any atom is 0.307 e. The van der Waals surface area contributed by atoms with Crippen molar-refractivity contribution in [2.75, 3.05) is 0 Å². The van der Waals surface area contributed by atoms with Crippen molar-refractivity contribution in [2.45, 2.75) is 44.4 Å². The number of hydrogen-bond acceptors (Lipinski definition) is 1. The van der Waals surface area contributed by atoms with Gasteiger partial charge in [0.2, 0.25) is 0 Å². The van der Waals surface area contributed by atoms with Crippen molar-refractivity contribution >= 4 is 5.97 Å². The Kier molecular flexibility index (Phi) is 3.29. The molecule has 2 unspecified atom stereocenters. The molecule has 0 aromatic heterocycles. The van der Waals surface area contributed by atoms with Crippen LogP contribution in [0.3, 0.4) is 0 Å². The second-order valence-corrected chi connectivity index (χ2v) is 5.90. The van der Waals surface area contributed by atoms with Crippen molar-refractivity contribution in [3.05, 3.63) is 35.1 Å². The number of halogens is 1. The summed E-state index contributed by atoms with van der Waals surface area (Å²) in [6, 6.07) is 4.91. The lowest BCUT2D eigenvalue weighted by Gasteiger charge is -2.35. The molecule has 0 saturated heterocycles. The average molecular weight is 262 g/mol.